The van der Waals surface area contributed by atoms with Gasteiger partial charge >= 0.3 is 5.97 Å². The Labute approximate surface area is 168 Å². The lowest BCUT2D eigenvalue weighted by Crippen LogP contribution is -2.28. The summed E-state index contributed by atoms with van der Waals surface area (Å²) in [4.78, 5) is 12.0. The molecule has 0 N–H and O–H groups in total. The number of ether oxygens (including phenoxy) is 3. The summed E-state index contributed by atoms with van der Waals surface area (Å²) in [6, 6.07) is 16.2. The van der Waals surface area contributed by atoms with Crippen molar-refractivity contribution in [2.45, 2.75) is 40.2 Å². The minimum absolute atomic E-state index is 0.318. The van der Waals surface area contributed by atoms with Crippen LogP contribution in [-0.2, 0) is 20.7 Å². The van der Waals surface area contributed by atoms with Crippen molar-refractivity contribution in [1.82, 2.24) is 0 Å². The molecule has 0 bridgehead atoms. The van der Waals surface area contributed by atoms with Gasteiger partial charge in [-0.2, -0.15) is 0 Å². The maximum Gasteiger partial charge on any atom is 0.335 e. The van der Waals surface area contributed by atoms with Gasteiger partial charge in [0.1, 0.15) is 12.4 Å². The Bertz CT molecular complexity index is 760. The molecule has 0 fully saturated rings. The van der Waals surface area contributed by atoms with E-state index in [2.05, 4.69) is 44.2 Å². The van der Waals surface area contributed by atoms with Gasteiger partial charge in [0.25, 0.3) is 0 Å². The molecule has 0 spiro atoms. The highest BCUT2D eigenvalue weighted by atomic mass is 16.6. The zero-order chi connectivity index (χ0) is 20.4. The molecule has 2 rings (SSSR count). The molecule has 2 aromatic rings. The van der Waals surface area contributed by atoms with Crippen LogP contribution in [0.3, 0.4) is 0 Å². The zero-order valence-electron chi connectivity index (χ0n) is 17.2. The second-order valence-corrected chi connectivity index (χ2v) is 6.61. The molecule has 0 heterocycles. The fourth-order valence-electron chi connectivity index (χ4n) is 2.78. The van der Waals surface area contributed by atoms with Gasteiger partial charge < -0.3 is 14.2 Å². The summed E-state index contributed by atoms with van der Waals surface area (Å²) in [6.07, 6.45) is 1.99. The van der Waals surface area contributed by atoms with E-state index in [9.17, 15) is 4.79 Å². The summed E-state index contributed by atoms with van der Waals surface area (Å²) >= 11 is 0. The van der Waals surface area contributed by atoms with E-state index >= 15 is 0 Å². The van der Waals surface area contributed by atoms with Crippen molar-refractivity contribution >= 4 is 11.5 Å². The summed E-state index contributed by atoms with van der Waals surface area (Å²) in [7, 11) is 0. The van der Waals surface area contributed by atoms with Gasteiger partial charge in [-0.1, -0.05) is 42.0 Å². The van der Waals surface area contributed by atoms with Crippen LogP contribution in [-0.4, -0.2) is 31.9 Å². The highest BCUT2D eigenvalue weighted by Gasteiger charge is 2.20. The Morgan fingerprint density at radius 3 is 2.29 bits per heavy atom. The number of carbonyl (C=O) groups excluding carboxylic acids is 1. The van der Waals surface area contributed by atoms with E-state index in [1.165, 1.54) is 16.7 Å². The molecule has 28 heavy (non-hydrogen) atoms. The van der Waals surface area contributed by atoms with Crippen LogP contribution >= 0.6 is 0 Å². The number of carbonyl (C=O) groups is 1. The predicted molar refractivity (Wildman–Crippen MR) is 113 cm³/mol. The Hall–Kier alpha value is -2.59. The highest BCUT2D eigenvalue weighted by Crippen LogP contribution is 2.17. The first kappa shape index (κ1) is 21.7. The van der Waals surface area contributed by atoms with Gasteiger partial charge in [-0.25, -0.2) is 4.79 Å². The molecule has 0 amide bonds. The molecule has 0 radical (unpaired) electrons. The lowest BCUT2D eigenvalue weighted by Gasteiger charge is -2.15. The standard InChI is InChI=1S/C24H30O4/c1-5-26-23(24(25)27-6-2)17-20-9-13-22(14-10-20)28-16-15-19(4)21-11-7-18(3)8-12-21/h7-15,23H,5-6,16-17H2,1-4H3/b19-15+. The van der Waals surface area contributed by atoms with Crippen molar-refractivity contribution in [3.8, 4) is 5.75 Å². The SMILES string of the molecule is CCOC(=O)C(Cc1ccc(OC/C=C(\C)c2ccc(C)cc2)cc1)OCC. The minimum Gasteiger partial charge on any atom is -0.490 e. The lowest BCUT2D eigenvalue weighted by molar-refractivity contribution is -0.156. The Morgan fingerprint density at radius 2 is 1.68 bits per heavy atom. The third kappa shape index (κ3) is 6.86. The minimum atomic E-state index is -0.572. The quantitative estimate of drug-likeness (QED) is 0.543. The van der Waals surface area contributed by atoms with Crippen LogP contribution in [0.4, 0.5) is 0 Å². The third-order valence-corrected chi connectivity index (χ3v) is 4.41. The third-order valence-electron chi connectivity index (χ3n) is 4.41. The molecule has 4 nitrogen and oxygen atoms in total. The van der Waals surface area contributed by atoms with Crippen LogP contribution in [0.5, 0.6) is 5.75 Å². The van der Waals surface area contributed by atoms with Crippen molar-refractivity contribution in [2.24, 2.45) is 0 Å². The zero-order valence-corrected chi connectivity index (χ0v) is 17.2. The molecular formula is C24H30O4. The molecule has 0 aliphatic rings. The number of rotatable bonds is 10. The fraction of sp³-hybridized carbons (Fsp3) is 0.375. The summed E-state index contributed by atoms with van der Waals surface area (Å²) in [5, 5.41) is 0. The Morgan fingerprint density at radius 1 is 1.00 bits per heavy atom. The number of aryl methyl sites for hydroxylation is 1. The number of hydrogen-bond acceptors (Lipinski definition) is 4. The van der Waals surface area contributed by atoms with Gasteiger partial charge in [0.15, 0.2) is 6.10 Å². The van der Waals surface area contributed by atoms with Crippen LogP contribution in [0.2, 0.25) is 0 Å². The lowest BCUT2D eigenvalue weighted by atomic mass is 10.1. The molecule has 1 atom stereocenters. The average Bonchev–Trinajstić information content (AvgIpc) is 2.69. The molecular weight excluding hydrogens is 352 g/mol. The van der Waals surface area contributed by atoms with Gasteiger partial charge in [-0.15, -0.1) is 0 Å². The molecule has 4 heteroatoms. The van der Waals surface area contributed by atoms with E-state index in [1.807, 2.05) is 31.2 Å². The van der Waals surface area contributed by atoms with Gasteiger partial charge in [0.2, 0.25) is 0 Å². The number of allylic oxidation sites excluding steroid dienone is 1. The number of esters is 1. The second kappa shape index (κ2) is 11.3. The van der Waals surface area contributed by atoms with E-state index in [4.69, 9.17) is 14.2 Å². The van der Waals surface area contributed by atoms with Crippen LogP contribution < -0.4 is 4.74 Å². The van der Waals surface area contributed by atoms with Crippen LogP contribution in [0.15, 0.2) is 54.6 Å². The fourth-order valence-corrected chi connectivity index (χ4v) is 2.78. The molecule has 0 aliphatic carbocycles. The van der Waals surface area contributed by atoms with E-state index < -0.39 is 6.10 Å². The van der Waals surface area contributed by atoms with Crippen LogP contribution in [0.1, 0.15) is 37.5 Å². The van der Waals surface area contributed by atoms with Crippen molar-refractivity contribution in [3.63, 3.8) is 0 Å². The molecule has 150 valence electrons. The van der Waals surface area contributed by atoms with E-state index in [0.717, 1.165) is 11.3 Å². The van der Waals surface area contributed by atoms with E-state index in [0.29, 0.717) is 26.2 Å². The molecule has 1 unspecified atom stereocenters. The van der Waals surface area contributed by atoms with E-state index in [-0.39, 0.29) is 5.97 Å². The summed E-state index contributed by atoms with van der Waals surface area (Å²) < 4.78 is 16.4. The first-order valence-electron chi connectivity index (χ1n) is 9.77. The van der Waals surface area contributed by atoms with Crippen molar-refractivity contribution < 1.29 is 19.0 Å². The van der Waals surface area contributed by atoms with Crippen molar-refractivity contribution in [3.05, 3.63) is 71.3 Å². The number of hydrogen-bond donors (Lipinski definition) is 0. The largest absolute Gasteiger partial charge is 0.490 e. The molecule has 0 saturated carbocycles. The molecule has 0 saturated heterocycles. The normalized spacial score (nSPS) is 12.5. The summed E-state index contributed by atoms with van der Waals surface area (Å²) in [5.41, 5.74) is 4.64. The maximum absolute atomic E-state index is 12.0. The summed E-state index contributed by atoms with van der Waals surface area (Å²) in [6.45, 7) is 9.15. The molecule has 2 aromatic carbocycles. The van der Waals surface area contributed by atoms with Crippen LogP contribution in [0.25, 0.3) is 5.57 Å². The van der Waals surface area contributed by atoms with Gasteiger partial charge in [-0.05, 0) is 62.6 Å². The number of benzene rings is 2. The Kier molecular flexibility index (Phi) is 8.76. The van der Waals surface area contributed by atoms with E-state index in [1.54, 1.807) is 6.92 Å². The monoisotopic (exact) mass is 382 g/mol. The second-order valence-electron chi connectivity index (χ2n) is 6.61. The van der Waals surface area contributed by atoms with Gasteiger partial charge in [0.05, 0.1) is 6.61 Å². The maximum atomic E-state index is 12.0. The molecule has 0 aromatic heterocycles. The first-order valence-corrected chi connectivity index (χ1v) is 9.77. The first-order chi connectivity index (χ1) is 13.5. The highest BCUT2D eigenvalue weighted by molar-refractivity contribution is 5.75. The smallest absolute Gasteiger partial charge is 0.335 e. The van der Waals surface area contributed by atoms with Crippen LogP contribution in [0, 0.1) is 6.92 Å². The van der Waals surface area contributed by atoms with Crippen molar-refractivity contribution in [2.75, 3.05) is 19.8 Å². The average molecular weight is 383 g/mol. The molecule has 0 aliphatic heterocycles. The predicted octanol–water partition coefficient (Wildman–Crippen LogP) is 4.99. The summed E-state index contributed by atoms with van der Waals surface area (Å²) in [5.74, 6) is 0.474. The topological polar surface area (TPSA) is 44.8 Å². The van der Waals surface area contributed by atoms with Crippen molar-refractivity contribution in [1.29, 1.82) is 0 Å². The van der Waals surface area contributed by atoms with Gasteiger partial charge in [-0.3, -0.25) is 0 Å². The van der Waals surface area contributed by atoms with Gasteiger partial charge in [0, 0.05) is 13.0 Å². The Balaban J connectivity index is 1.90.